The molecule has 2 aromatic carbocycles. The molecule has 0 saturated carbocycles. The lowest BCUT2D eigenvalue weighted by Crippen LogP contribution is -2.45. The summed E-state index contributed by atoms with van der Waals surface area (Å²) >= 11 is 0. The van der Waals surface area contributed by atoms with Crippen LogP contribution < -0.4 is 4.90 Å². The highest BCUT2D eigenvalue weighted by atomic mass is 16.2. The summed E-state index contributed by atoms with van der Waals surface area (Å²) in [5.41, 5.74) is 3.09. The van der Waals surface area contributed by atoms with Crippen molar-refractivity contribution < 1.29 is 4.79 Å². The molecule has 0 unspecified atom stereocenters. The zero-order valence-corrected chi connectivity index (χ0v) is 13.4. The Morgan fingerprint density at radius 3 is 2.61 bits per heavy atom. The number of para-hydroxylation sites is 1. The molecule has 2 nitrogen and oxygen atoms in total. The van der Waals surface area contributed by atoms with Crippen LogP contribution in [0.5, 0.6) is 0 Å². The van der Waals surface area contributed by atoms with Gasteiger partial charge in [-0.05, 0) is 36.0 Å². The molecule has 0 N–H and O–H groups in total. The van der Waals surface area contributed by atoms with Gasteiger partial charge in [-0.3, -0.25) is 4.79 Å². The molecule has 116 valence electrons. The third-order valence-electron chi connectivity index (χ3n) is 5.39. The van der Waals surface area contributed by atoms with Gasteiger partial charge in [0.2, 0.25) is 5.91 Å². The lowest BCUT2D eigenvalue weighted by Gasteiger charge is -2.35. The number of hydrogen-bond acceptors (Lipinski definition) is 1. The molecule has 23 heavy (non-hydrogen) atoms. The molecule has 1 heterocycles. The van der Waals surface area contributed by atoms with Gasteiger partial charge in [-0.15, -0.1) is 0 Å². The van der Waals surface area contributed by atoms with E-state index < -0.39 is 0 Å². The minimum absolute atomic E-state index is 0.241. The van der Waals surface area contributed by atoms with Gasteiger partial charge in [0.15, 0.2) is 0 Å². The Bertz CT molecular complexity index is 764. The Labute approximate surface area is 137 Å². The largest absolute Gasteiger partial charge is 0.307 e. The van der Waals surface area contributed by atoms with Crippen molar-refractivity contribution in [2.75, 3.05) is 4.90 Å². The van der Waals surface area contributed by atoms with Gasteiger partial charge in [0.1, 0.15) is 0 Å². The van der Waals surface area contributed by atoms with Gasteiger partial charge in [-0.1, -0.05) is 67.6 Å². The van der Waals surface area contributed by atoms with Crippen molar-refractivity contribution in [2.24, 2.45) is 5.92 Å². The summed E-state index contributed by atoms with van der Waals surface area (Å²) in [6.45, 7) is 2.82. The summed E-state index contributed by atoms with van der Waals surface area (Å²) in [7, 11) is 0. The van der Waals surface area contributed by atoms with Crippen molar-refractivity contribution in [3.05, 3.63) is 77.9 Å². The SMILES string of the molecule is C[C@@H]1C=CCC[C@]12C(=O)N(Cc1ccccc1)c1ccccc12. The lowest BCUT2D eigenvalue weighted by atomic mass is 9.66. The van der Waals surface area contributed by atoms with Crippen LogP contribution >= 0.6 is 0 Å². The number of carbonyl (C=O) groups is 1. The molecule has 1 spiro atoms. The van der Waals surface area contributed by atoms with Crippen molar-refractivity contribution in [1.82, 2.24) is 0 Å². The first-order chi connectivity index (χ1) is 11.2. The number of carbonyl (C=O) groups excluding carboxylic acids is 1. The molecule has 0 bridgehead atoms. The van der Waals surface area contributed by atoms with Crippen LogP contribution in [0.4, 0.5) is 5.69 Å². The van der Waals surface area contributed by atoms with E-state index in [0.717, 1.165) is 18.5 Å². The van der Waals surface area contributed by atoms with E-state index in [-0.39, 0.29) is 17.2 Å². The van der Waals surface area contributed by atoms with E-state index in [2.05, 4.69) is 49.4 Å². The number of hydrogen-bond donors (Lipinski definition) is 0. The first-order valence-corrected chi connectivity index (χ1v) is 8.35. The van der Waals surface area contributed by atoms with E-state index in [1.165, 1.54) is 11.1 Å². The summed E-state index contributed by atoms with van der Waals surface area (Å²) in [6.07, 6.45) is 6.31. The highest BCUT2D eigenvalue weighted by molar-refractivity contribution is 6.08. The van der Waals surface area contributed by atoms with E-state index in [9.17, 15) is 4.79 Å². The number of rotatable bonds is 2. The normalized spacial score (nSPS) is 25.9. The second-order valence-electron chi connectivity index (χ2n) is 6.62. The second-order valence-corrected chi connectivity index (χ2v) is 6.62. The number of anilines is 1. The Morgan fingerprint density at radius 2 is 1.83 bits per heavy atom. The fraction of sp³-hybridized carbons (Fsp3) is 0.286. The zero-order chi connectivity index (χ0) is 15.9. The third-order valence-corrected chi connectivity index (χ3v) is 5.39. The maximum atomic E-state index is 13.4. The maximum absolute atomic E-state index is 13.4. The monoisotopic (exact) mass is 303 g/mol. The Morgan fingerprint density at radius 1 is 1.09 bits per heavy atom. The van der Waals surface area contributed by atoms with Crippen molar-refractivity contribution in [3.63, 3.8) is 0 Å². The van der Waals surface area contributed by atoms with E-state index in [0.29, 0.717) is 6.54 Å². The quantitative estimate of drug-likeness (QED) is 0.750. The summed E-state index contributed by atoms with van der Waals surface area (Å²) in [5.74, 6) is 0.505. The molecule has 2 aliphatic rings. The van der Waals surface area contributed by atoms with E-state index in [1.54, 1.807) is 0 Å². The molecule has 0 fully saturated rings. The van der Waals surface area contributed by atoms with Crippen LogP contribution in [0.15, 0.2) is 66.7 Å². The van der Waals surface area contributed by atoms with E-state index in [4.69, 9.17) is 0 Å². The molecule has 0 saturated heterocycles. The average Bonchev–Trinajstić information content (AvgIpc) is 2.82. The minimum atomic E-state index is -0.375. The molecule has 0 radical (unpaired) electrons. The van der Waals surface area contributed by atoms with Crippen LogP contribution in [-0.2, 0) is 16.8 Å². The predicted octanol–water partition coefficient (Wildman–Crippen LogP) is 4.46. The summed E-state index contributed by atoms with van der Waals surface area (Å²) < 4.78 is 0. The first-order valence-electron chi connectivity index (χ1n) is 8.35. The van der Waals surface area contributed by atoms with E-state index in [1.807, 2.05) is 29.2 Å². The van der Waals surface area contributed by atoms with Crippen LogP contribution in [0, 0.1) is 5.92 Å². The molecule has 2 aromatic rings. The third kappa shape index (κ3) is 2.05. The topological polar surface area (TPSA) is 20.3 Å². The van der Waals surface area contributed by atoms with E-state index >= 15 is 0 Å². The maximum Gasteiger partial charge on any atom is 0.238 e. The van der Waals surface area contributed by atoms with Gasteiger partial charge in [-0.2, -0.15) is 0 Å². The first kappa shape index (κ1) is 14.3. The number of benzene rings is 2. The molecule has 1 aliphatic carbocycles. The van der Waals surface area contributed by atoms with Crippen molar-refractivity contribution in [2.45, 2.75) is 31.7 Å². The van der Waals surface area contributed by atoms with Gasteiger partial charge in [-0.25, -0.2) is 0 Å². The molecule has 2 atom stereocenters. The highest BCUT2D eigenvalue weighted by Crippen LogP contribution is 2.51. The van der Waals surface area contributed by atoms with Crippen LogP contribution in [0.1, 0.15) is 30.9 Å². The Balaban J connectivity index is 1.81. The number of allylic oxidation sites excluding steroid dienone is 2. The molecular weight excluding hydrogens is 282 g/mol. The zero-order valence-electron chi connectivity index (χ0n) is 13.4. The van der Waals surface area contributed by atoms with Crippen molar-refractivity contribution >= 4 is 11.6 Å². The fourth-order valence-electron chi connectivity index (χ4n) is 4.16. The van der Waals surface area contributed by atoms with Crippen LogP contribution in [-0.4, -0.2) is 5.91 Å². The standard InChI is InChI=1S/C21H21NO/c1-16-9-7-8-14-21(16)18-12-5-6-13-19(18)22(20(21)23)15-17-10-3-2-4-11-17/h2-7,9-13,16H,8,14-15H2,1H3/t16-,21+/m1/s1. The summed E-state index contributed by atoms with van der Waals surface area (Å²) in [6, 6.07) is 18.6. The highest BCUT2D eigenvalue weighted by Gasteiger charge is 2.53. The van der Waals surface area contributed by atoms with Crippen LogP contribution in [0.3, 0.4) is 0 Å². The second kappa shape index (κ2) is 5.38. The van der Waals surface area contributed by atoms with Crippen LogP contribution in [0.2, 0.25) is 0 Å². The molecular formula is C21H21NO. The molecule has 2 heteroatoms. The van der Waals surface area contributed by atoms with Crippen LogP contribution in [0.25, 0.3) is 0 Å². The van der Waals surface area contributed by atoms with Gasteiger partial charge in [0.25, 0.3) is 0 Å². The van der Waals surface area contributed by atoms with Gasteiger partial charge in [0, 0.05) is 5.69 Å². The molecule has 1 aliphatic heterocycles. The molecule has 4 rings (SSSR count). The van der Waals surface area contributed by atoms with Gasteiger partial charge in [0.05, 0.1) is 12.0 Å². The summed E-state index contributed by atoms with van der Waals surface area (Å²) in [4.78, 5) is 15.4. The van der Waals surface area contributed by atoms with Gasteiger partial charge < -0.3 is 4.90 Å². The van der Waals surface area contributed by atoms with Gasteiger partial charge >= 0.3 is 0 Å². The Hall–Kier alpha value is -2.35. The van der Waals surface area contributed by atoms with Crippen molar-refractivity contribution in [3.8, 4) is 0 Å². The Kier molecular flexibility index (Phi) is 3.33. The fourth-order valence-corrected chi connectivity index (χ4v) is 4.16. The predicted molar refractivity (Wildman–Crippen MR) is 93.3 cm³/mol. The number of nitrogens with zero attached hydrogens (tertiary/aromatic N) is 1. The number of fused-ring (bicyclic) bond motifs is 2. The average molecular weight is 303 g/mol. The minimum Gasteiger partial charge on any atom is -0.307 e. The lowest BCUT2D eigenvalue weighted by molar-refractivity contribution is -0.124. The molecule has 1 amide bonds. The molecule has 0 aromatic heterocycles. The summed E-state index contributed by atoms with van der Waals surface area (Å²) in [5, 5.41) is 0. The number of amides is 1. The smallest absolute Gasteiger partial charge is 0.238 e. The van der Waals surface area contributed by atoms with Crippen molar-refractivity contribution in [1.29, 1.82) is 0 Å².